The number of ketones is 6. The normalized spacial score (nSPS) is 15.0. The summed E-state index contributed by atoms with van der Waals surface area (Å²) in [7, 11) is 0. The number of aromatic nitrogens is 3. The molecule has 0 unspecified atom stereocenters. The monoisotopic (exact) mass is 1360 g/mol. The van der Waals surface area contributed by atoms with Crippen LogP contribution in [0.4, 0.5) is 38.5 Å². The fraction of sp³-hybridized carbons (Fsp3) is 0.383. The number of morpholine rings is 1. The van der Waals surface area contributed by atoms with Crippen LogP contribution in [-0.2, 0) is 17.8 Å². The molecule has 5 aliphatic heterocycles. The van der Waals surface area contributed by atoms with Crippen LogP contribution in [0.5, 0.6) is 0 Å². The number of aliphatic hydroxyl groups is 1. The Bertz CT molecular complexity index is 3940. The van der Waals surface area contributed by atoms with Gasteiger partial charge in [-0.1, -0.05) is 55.5 Å². The number of likely N-dealkylation sites (N-methyl/N-ethyl adjacent to an activating group) is 1. The smallest absolute Gasteiger partial charge is 0.159 e. The van der Waals surface area contributed by atoms with E-state index in [0.29, 0.717) is 16.8 Å². The highest BCUT2D eigenvalue weighted by Gasteiger charge is 2.23. The molecule has 0 aliphatic carbocycles. The van der Waals surface area contributed by atoms with Gasteiger partial charge in [0.15, 0.2) is 34.7 Å². The van der Waals surface area contributed by atoms with Crippen molar-refractivity contribution in [3.63, 3.8) is 0 Å². The topological polar surface area (TPSA) is 185 Å². The van der Waals surface area contributed by atoms with Gasteiger partial charge in [-0.15, -0.1) is 0 Å². The minimum atomic E-state index is -0.298. The lowest BCUT2D eigenvalue weighted by molar-refractivity contribution is 0.100. The van der Waals surface area contributed by atoms with Crippen LogP contribution in [0.2, 0.25) is 0 Å². The van der Waals surface area contributed by atoms with Crippen molar-refractivity contribution in [2.24, 2.45) is 0 Å². The molecule has 0 atom stereocenters. The number of carbonyl (C=O) groups excluding carboxylic acids is 6. The molecule has 0 radical (unpaired) electrons. The van der Waals surface area contributed by atoms with Crippen molar-refractivity contribution in [1.29, 1.82) is 0 Å². The molecule has 7 aromatic carbocycles. The van der Waals surface area contributed by atoms with Gasteiger partial charge in [-0.05, 0) is 208 Å². The molecule has 0 amide bonds. The highest BCUT2D eigenvalue weighted by molar-refractivity contribution is 5.98. The maximum atomic E-state index is 14.0. The van der Waals surface area contributed by atoms with Gasteiger partial charge in [0.2, 0.25) is 0 Å². The molecule has 0 spiro atoms. The van der Waals surface area contributed by atoms with Crippen LogP contribution in [0, 0.1) is 5.82 Å². The van der Waals surface area contributed by atoms with Crippen molar-refractivity contribution < 1.29 is 43.0 Å². The molecule has 13 rings (SSSR count). The van der Waals surface area contributed by atoms with Crippen LogP contribution in [-0.4, -0.2) is 164 Å². The number of ether oxygens (including phenoxy) is 1. The number of hydrogen-bond donors (Lipinski definition) is 1. The third-order valence-electron chi connectivity index (χ3n) is 18.6. The van der Waals surface area contributed by atoms with Gasteiger partial charge < -0.3 is 44.1 Å². The van der Waals surface area contributed by atoms with Gasteiger partial charge in [0.05, 0.1) is 42.1 Å². The van der Waals surface area contributed by atoms with E-state index < -0.39 is 0 Å². The van der Waals surface area contributed by atoms with Crippen LogP contribution >= 0.6 is 0 Å². The molecule has 6 heterocycles. The third-order valence-corrected chi connectivity index (χ3v) is 18.6. The third kappa shape index (κ3) is 21.9. The number of benzene rings is 7. The van der Waals surface area contributed by atoms with Crippen LogP contribution in [0.1, 0.15) is 161 Å². The van der Waals surface area contributed by atoms with Crippen molar-refractivity contribution in [2.75, 3.05) is 128 Å². The standard InChI is InChI=1S/C16H24N2O2.C16H15NO.C14H19FN2O.C13H17NO2.C12H15NO.C10H9N3O/c1-4-17(5-2)16-12-14(13(3)19)6-7-15(16)18-8-10-20-11-9-18;1-12(18)13-7-4-8-16(9-13)17-10-14-5-2-3-6-15(14)11-17;1-3-16-6-8-17(9-7-16)14-5-4-12(11(2)18)10-13(14)15;1-10(15)11-2-4-12(5-3-11)14-8-6-13(16)7-9-14;1-10(14)11-5-4-6-12(9-11)13-7-2-3-8-13;1-8(14)9-2-4-10(5-3-9)13-7-11-6-12-13/h6-7,12H,4-5,8-11H2,1-3H3;2-9H,10-11H2,1H3;4-5,10H,3,6-9H2,1-2H3;2-5,13,16H,6-9H2,1H3;4-6,9H,2-3,7-8H2,1H3;2-7H,1H3. The molecule has 1 N–H and O–H groups in total. The number of anilines is 6. The molecule has 0 saturated carbocycles. The molecular formula is C81H99FN10O8. The van der Waals surface area contributed by atoms with Crippen molar-refractivity contribution in [2.45, 2.75) is 107 Å². The molecule has 4 saturated heterocycles. The summed E-state index contributed by atoms with van der Waals surface area (Å²) in [5, 5.41) is 13.4. The molecule has 19 heteroatoms. The molecule has 0 bridgehead atoms. The summed E-state index contributed by atoms with van der Waals surface area (Å²) < 4.78 is 21.0. The average Bonchev–Trinajstić information content (AvgIpc) is 0.958. The number of piperidine rings is 1. The number of hydrogen-bond acceptors (Lipinski definition) is 17. The Hall–Kier alpha value is -9.69. The molecular weight excluding hydrogens is 1260 g/mol. The molecule has 4 fully saturated rings. The minimum Gasteiger partial charge on any atom is -0.393 e. The lowest BCUT2D eigenvalue weighted by Gasteiger charge is -2.35. The first-order valence-corrected chi connectivity index (χ1v) is 35.0. The zero-order chi connectivity index (χ0) is 71.7. The zero-order valence-corrected chi connectivity index (χ0v) is 59.7. The van der Waals surface area contributed by atoms with Crippen LogP contribution < -0.4 is 29.4 Å². The lowest BCUT2D eigenvalue weighted by atomic mass is 10.1. The summed E-state index contributed by atoms with van der Waals surface area (Å²) in [5.74, 6) is 0.145. The van der Waals surface area contributed by atoms with Gasteiger partial charge in [0, 0.05) is 142 Å². The molecule has 1 aromatic heterocycles. The Morgan fingerprint density at radius 3 is 1.38 bits per heavy atom. The number of halogens is 1. The van der Waals surface area contributed by atoms with Crippen LogP contribution in [0.15, 0.2) is 170 Å². The number of rotatable bonds is 16. The highest BCUT2D eigenvalue weighted by atomic mass is 19.1. The first-order valence-electron chi connectivity index (χ1n) is 35.0. The number of carbonyl (C=O) groups is 6. The van der Waals surface area contributed by atoms with E-state index in [1.54, 1.807) is 69.9 Å². The second kappa shape index (κ2) is 38.0. The van der Waals surface area contributed by atoms with Gasteiger partial charge in [-0.3, -0.25) is 28.8 Å². The van der Waals surface area contributed by atoms with Gasteiger partial charge in [-0.2, -0.15) is 5.10 Å². The zero-order valence-electron chi connectivity index (χ0n) is 59.7. The average molecular weight is 1360 g/mol. The van der Waals surface area contributed by atoms with E-state index in [1.165, 1.54) is 54.7 Å². The quantitative estimate of drug-likeness (QED) is 0.0900. The number of Topliss-reactive ketones (excluding diaryl/α,β-unsaturated/α-hetero) is 6. The fourth-order valence-electron chi connectivity index (χ4n) is 12.5. The van der Waals surface area contributed by atoms with Gasteiger partial charge in [0.25, 0.3) is 0 Å². The summed E-state index contributed by atoms with van der Waals surface area (Å²) in [6.45, 7) is 31.6. The molecule has 528 valence electrons. The lowest BCUT2D eigenvalue weighted by Crippen LogP contribution is -2.46. The molecule has 8 aromatic rings. The predicted molar refractivity (Wildman–Crippen MR) is 400 cm³/mol. The van der Waals surface area contributed by atoms with E-state index in [0.717, 1.165) is 169 Å². The van der Waals surface area contributed by atoms with Gasteiger partial charge in [0.1, 0.15) is 18.5 Å². The van der Waals surface area contributed by atoms with Crippen LogP contribution in [0.3, 0.4) is 0 Å². The second-order valence-corrected chi connectivity index (χ2v) is 25.5. The molecule has 100 heavy (non-hydrogen) atoms. The Labute approximate surface area is 590 Å². The van der Waals surface area contributed by atoms with E-state index >= 15 is 0 Å². The Balaban J connectivity index is 0.000000153. The van der Waals surface area contributed by atoms with E-state index in [2.05, 4.69) is 103 Å². The summed E-state index contributed by atoms with van der Waals surface area (Å²) in [4.78, 5) is 87.3. The first-order chi connectivity index (χ1) is 48.2. The van der Waals surface area contributed by atoms with Crippen LogP contribution in [0.25, 0.3) is 5.69 Å². The van der Waals surface area contributed by atoms with E-state index in [-0.39, 0.29) is 46.6 Å². The number of piperazine rings is 1. The van der Waals surface area contributed by atoms with Gasteiger partial charge >= 0.3 is 0 Å². The Morgan fingerprint density at radius 1 is 0.460 bits per heavy atom. The van der Waals surface area contributed by atoms with Crippen molar-refractivity contribution in [1.82, 2.24) is 19.7 Å². The molecule has 5 aliphatic rings. The second-order valence-electron chi connectivity index (χ2n) is 25.5. The highest BCUT2D eigenvalue weighted by Crippen LogP contribution is 2.33. The van der Waals surface area contributed by atoms with Crippen molar-refractivity contribution in [3.8, 4) is 5.69 Å². The van der Waals surface area contributed by atoms with Gasteiger partial charge in [-0.25, -0.2) is 14.1 Å². The van der Waals surface area contributed by atoms with Crippen molar-refractivity contribution in [3.05, 3.63) is 221 Å². The first kappa shape index (κ1) is 76.1. The number of aliphatic hydroxyl groups excluding tert-OH is 1. The Morgan fingerprint density at radius 2 is 0.910 bits per heavy atom. The summed E-state index contributed by atoms with van der Waals surface area (Å²) in [6.07, 6.45) is 7.13. The Kier molecular flexibility index (Phi) is 28.9. The SMILES string of the molecule is CC(=O)c1ccc(-n2cncn2)cc1.CC(=O)c1ccc(N2CCC(O)CC2)cc1.CC(=O)c1cccc(N2CCCC2)c1.CC(=O)c1cccc(N2Cc3ccccc3C2)c1.CCN(CC)c1cc(C(C)=O)ccc1N1CCOCC1.CCN1CCN(c2ccc(C(C)=O)cc2F)CC1. The maximum absolute atomic E-state index is 14.0. The summed E-state index contributed by atoms with van der Waals surface area (Å²) in [6, 6.07) is 50.0. The number of nitrogens with zero attached hydrogens (tertiary/aromatic N) is 10. The van der Waals surface area contributed by atoms with E-state index in [9.17, 15) is 38.3 Å². The summed E-state index contributed by atoms with van der Waals surface area (Å²) >= 11 is 0. The minimum absolute atomic E-state index is 0.0649. The largest absolute Gasteiger partial charge is 0.393 e. The fourth-order valence-corrected chi connectivity index (χ4v) is 12.5. The predicted octanol–water partition coefficient (Wildman–Crippen LogP) is 14.0. The molecule has 18 nitrogen and oxygen atoms in total. The van der Waals surface area contributed by atoms with E-state index in [4.69, 9.17) is 4.74 Å². The van der Waals surface area contributed by atoms with Crippen molar-refractivity contribution >= 4 is 68.8 Å². The maximum Gasteiger partial charge on any atom is 0.159 e. The number of fused-ring (bicyclic) bond motifs is 1. The summed E-state index contributed by atoms with van der Waals surface area (Å²) in [5.41, 5.74) is 14.3. The van der Waals surface area contributed by atoms with E-state index in [1.807, 2.05) is 89.8 Å².